The van der Waals surface area contributed by atoms with Crippen LogP contribution in [0.25, 0.3) is 0 Å². The van der Waals surface area contributed by atoms with Gasteiger partial charge in [-0.3, -0.25) is 24.1 Å². The van der Waals surface area contributed by atoms with Gasteiger partial charge in [0.2, 0.25) is 0 Å². The zero-order valence-electron chi connectivity index (χ0n) is 19.5. The van der Waals surface area contributed by atoms with Crippen molar-refractivity contribution in [3.05, 3.63) is 59.7 Å². The van der Waals surface area contributed by atoms with Gasteiger partial charge >= 0.3 is 0 Å². The summed E-state index contributed by atoms with van der Waals surface area (Å²) in [5, 5.41) is 0. The summed E-state index contributed by atoms with van der Waals surface area (Å²) in [6.45, 7) is -0.161. The Morgan fingerprint density at radius 1 is 1.03 bits per heavy atom. The van der Waals surface area contributed by atoms with E-state index in [2.05, 4.69) is 0 Å². The Morgan fingerprint density at radius 2 is 1.60 bits per heavy atom. The lowest BCUT2D eigenvalue weighted by Gasteiger charge is -2.38. The molecule has 2 aromatic carbocycles. The van der Waals surface area contributed by atoms with E-state index in [1.807, 2.05) is 0 Å². The maximum absolute atomic E-state index is 13.9. The number of rotatable bonds is 6. The van der Waals surface area contributed by atoms with Gasteiger partial charge in [0.1, 0.15) is 21.6 Å². The lowest BCUT2D eigenvalue weighted by atomic mass is 10.1. The number of anilines is 1. The molecule has 0 saturated heterocycles. The van der Waals surface area contributed by atoms with Gasteiger partial charge in [-0.1, -0.05) is 24.3 Å². The van der Waals surface area contributed by atoms with Crippen LogP contribution in [0, 0.1) is 0 Å². The molecule has 2 aromatic rings. The molecule has 2 aliphatic rings. The van der Waals surface area contributed by atoms with Gasteiger partial charge in [-0.2, -0.15) is 0 Å². The molecule has 0 spiro atoms. The largest absolute Gasteiger partial charge is 0.476 e. The first-order chi connectivity index (χ1) is 16.5. The van der Waals surface area contributed by atoms with Gasteiger partial charge in [0.05, 0.1) is 29.1 Å². The Hall–Kier alpha value is -3.73. The first kappa shape index (κ1) is 24.4. The van der Waals surface area contributed by atoms with E-state index in [1.54, 1.807) is 50.5 Å². The number of carbonyl (C=O) groups excluding carboxylic acids is 4. The number of benzene rings is 2. The number of hydrogen-bond donors (Lipinski definition) is 0. The molecule has 0 aromatic heterocycles. The summed E-state index contributed by atoms with van der Waals surface area (Å²) in [6, 6.07) is 11.4. The number of nitrogens with zero attached hydrogens (tertiary/aromatic N) is 3. The maximum atomic E-state index is 13.9. The van der Waals surface area contributed by atoms with E-state index in [0.29, 0.717) is 5.69 Å². The summed E-state index contributed by atoms with van der Waals surface area (Å²) in [5.74, 6) is -2.50. The molecule has 2 atom stereocenters. The van der Waals surface area contributed by atoms with E-state index in [1.165, 1.54) is 21.9 Å². The Balaban J connectivity index is 1.75. The van der Waals surface area contributed by atoms with Crippen LogP contribution in [0.2, 0.25) is 0 Å². The highest BCUT2D eigenvalue weighted by Crippen LogP contribution is 2.35. The topological polar surface area (TPSA) is 121 Å². The average Bonchev–Trinajstić information content (AvgIpc) is 3.07. The van der Waals surface area contributed by atoms with Crippen molar-refractivity contribution in [1.29, 1.82) is 0 Å². The average molecular weight is 500 g/mol. The van der Waals surface area contributed by atoms with Crippen molar-refractivity contribution in [3.8, 4) is 5.75 Å². The minimum atomic E-state index is -3.52. The van der Waals surface area contributed by atoms with Crippen LogP contribution in [0.1, 0.15) is 27.1 Å². The van der Waals surface area contributed by atoms with Crippen molar-refractivity contribution in [2.45, 2.75) is 18.6 Å². The highest BCUT2D eigenvalue weighted by molar-refractivity contribution is 7.90. The molecule has 10 nitrogen and oxygen atoms in total. The van der Waals surface area contributed by atoms with Gasteiger partial charge in [-0.15, -0.1) is 0 Å². The van der Waals surface area contributed by atoms with Gasteiger partial charge in [-0.25, -0.2) is 8.42 Å². The molecular weight excluding hydrogens is 474 g/mol. The van der Waals surface area contributed by atoms with E-state index < -0.39 is 45.5 Å². The number of fused-ring (bicyclic) bond motifs is 2. The predicted molar refractivity (Wildman–Crippen MR) is 127 cm³/mol. The SMILES string of the molecule is CN(C)C(=O)[C@H]1CN(C(=O)[C@H](CCS(C)(=O)=O)N2C(=O)c3ccccc3C2=O)c2ccccc2O1. The summed E-state index contributed by atoms with van der Waals surface area (Å²) < 4.78 is 29.7. The summed E-state index contributed by atoms with van der Waals surface area (Å²) in [6.07, 6.45) is -0.275. The monoisotopic (exact) mass is 499 g/mol. The molecule has 0 fully saturated rings. The van der Waals surface area contributed by atoms with Gasteiger partial charge in [-0.05, 0) is 30.7 Å². The number of ether oxygens (including phenoxy) is 1. The molecule has 2 aliphatic heterocycles. The van der Waals surface area contributed by atoms with Crippen LogP contribution in [0.5, 0.6) is 5.75 Å². The fourth-order valence-electron chi connectivity index (χ4n) is 4.22. The number of amides is 4. The van der Waals surface area contributed by atoms with E-state index in [4.69, 9.17) is 4.74 Å². The Morgan fingerprint density at radius 3 is 2.17 bits per heavy atom. The van der Waals surface area contributed by atoms with Crippen molar-refractivity contribution in [1.82, 2.24) is 9.80 Å². The van der Waals surface area contributed by atoms with Gasteiger partial charge < -0.3 is 14.5 Å². The number of sulfone groups is 1. The highest BCUT2D eigenvalue weighted by atomic mass is 32.2. The minimum Gasteiger partial charge on any atom is -0.476 e. The third kappa shape index (κ3) is 4.63. The van der Waals surface area contributed by atoms with Crippen molar-refractivity contribution in [2.75, 3.05) is 37.5 Å². The van der Waals surface area contributed by atoms with Crippen LogP contribution in [0.15, 0.2) is 48.5 Å². The molecule has 0 saturated carbocycles. The molecule has 4 rings (SSSR count). The molecule has 184 valence electrons. The van der Waals surface area contributed by atoms with Crippen molar-refractivity contribution in [3.63, 3.8) is 0 Å². The van der Waals surface area contributed by atoms with Crippen LogP contribution in [0.4, 0.5) is 5.69 Å². The molecular formula is C24H25N3O7S. The second-order valence-electron chi connectivity index (χ2n) is 8.72. The maximum Gasteiger partial charge on any atom is 0.265 e. The van der Waals surface area contributed by atoms with E-state index in [9.17, 15) is 27.6 Å². The molecule has 2 heterocycles. The standard InChI is InChI=1S/C24H25N3O7S/c1-25(2)24(31)20-14-26(17-10-6-7-11-19(17)34-20)23(30)18(12-13-35(3,32)33)27-21(28)15-8-4-5-9-16(15)22(27)29/h4-11,18,20H,12-14H2,1-3H3/t18-,20+/m0/s1. The summed E-state index contributed by atoms with van der Waals surface area (Å²) in [4.78, 5) is 56.4. The lowest BCUT2D eigenvalue weighted by molar-refractivity contribution is -0.136. The van der Waals surface area contributed by atoms with Crippen molar-refractivity contribution >= 4 is 39.2 Å². The molecule has 4 amide bonds. The van der Waals surface area contributed by atoms with Gasteiger partial charge in [0.25, 0.3) is 23.6 Å². The molecule has 0 N–H and O–H groups in total. The molecule has 35 heavy (non-hydrogen) atoms. The normalized spacial score (nSPS) is 18.0. The summed E-state index contributed by atoms with van der Waals surface area (Å²) in [5.41, 5.74) is 0.664. The number of carbonyl (C=O) groups is 4. The number of hydrogen-bond acceptors (Lipinski definition) is 7. The Kier molecular flexibility index (Phi) is 6.37. The minimum absolute atomic E-state index is 0.151. The smallest absolute Gasteiger partial charge is 0.265 e. The quantitative estimate of drug-likeness (QED) is 0.543. The molecule has 0 bridgehead atoms. The van der Waals surface area contributed by atoms with Crippen molar-refractivity contribution < 1.29 is 32.3 Å². The number of likely N-dealkylation sites (N-methyl/N-ethyl adjacent to an activating group) is 1. The lowest BCUT2D eigenvalue weighted by Crippen LogP contribution is -2.56. The highest BCUT2D eigenvalue weighted by Gasteiger charge is 2.46. The first-order valence-corrected chi connectivity index (χ1v) is 13.0. The van der Waals surface area contributed by atoms with Crippen LogP contribution < -0.4 is 9.64 Å². The molecule has 11 heteroatoms. The Labute approximate surface area is 203 Å². The van der Waals surface area contributed by atoms with Crippen LogP contribution in [-0.2, 0) is 19.4 Å². The second kappa shape index (κ2) is 9.14. The molecule has 0 radical (unpaired) electrons. The fourth-order valence-corrected chi connectivity index (χ4v) is 4.87. The van der Waals surface area contributed by atoms with E-state index in [0.717, 1.165) is 11.2 Å². The predicted octanol–water partition coefficient (Wildman–Crippen LogP) is 0.968. The zero-order valence-corrected chi connectivity index (χ0v) is 20.3. The van der Waals surface area contributed by atoms with Crippen LogP contribution in [-0.4, -0.2) is 86.6 Å². The van der Waals surface area contributed by atoms with Gasteiger partial charge in [0.15, 0.2) is 6.10 Å². The fraction of sp³-hybridized carbons (Fsp3) is 0.333. The van der Waals surface area contributed by atoms with Crippen molar-refractivity contribution in [2.24, 2.45) is 0 Å². The summed E-state index contributed by atoms with van der Waals surface area (Å²) >= 11 is 0. The number of imide groups is 1. The number of para-hydroxylation sites is 2. The second-order valence-corrected chi connectivity index (χ2v) is 11.0. The summed E-state index contributed by atoms with van der Waals surface area (Å²) in [7, 11) is -0.394. The van der Waals surface area contributed by atoms with Crippen LogP contribution in [0.3, 0.4) is 0 Å². The van der Waals surface area contributed by atoms with Crippen LogP contribution >= 0.6 is 0 Å². The van der Waals surface area contributed by atoms with E-state index in [-0.39, 0.29) is 35.7 Å². The zero-order chi connectivity index (χ0) is 25.5. The third-order valence-corrected chi connectivity index (χ3v) is 6.92. The van der Waals surface area contributed by atoms with Gasteiger partial charge in [0, 0.05) is 20.4 Å². The van der Waals surface area contributed by atoms with E-state index >= 15 is 0 Å². The Bertz CT molecular complexity index is 1290. The molecule has 0 unspecified atom stereocenters. The molecule has 0 aliphatic carbocycles. The third-order valence-electron chi connectivity index (χ3n) is 5.94. The first-order valence-electron chi connectivity index (χ1n) is 10.9.